The topological polar surface area (TPSA) is 76.0 Å². The highest BCUT2D eigenvalue weighted by molar-refractivity contribution is 7.89. The lowest BCUT2D eigenvalue weighted by molar-refractivity contribution is -0.129. The summed E-state index contributed by atoms with van der Waals surface area (Å²) in [4.78, 5) is 16.2. The van der Waals surface area contributed by atoms with Crippen LogP contribution in [0.1, 0.15) is 11.1 Å². The van der Waals surface area contributed by atoms with Gasteiger partial charge in [0.15, 0.2) is 5.70 Å². The summed E-state index contributed by atoms with van der Waals surface area (Å²) in [6.07, 6.45) is 1.40. The van der Waals surface area contributed by atoms with Crippen LogP contribution >= 0.6 is 0 Å². The zero-order chi connectivity index (χ0) is 18.9. The molecule has 1 heterocycles. The molecule has 0 atom stereocenters. The third kappa shape index (κ3) is 3.56. The van der Waals surface area contributed by atoms with Gasteiger partial charge >= 0.3 is 5.97 Å². The Balaban J connectivity index is 1.97. The minimum absolute atomic E-state index is 0.00599. The van der Waals surface area contributed by atoms with Crippen LogP contribution in [0.15, 0.2) is 64.1 Å². The number of esters is 1. The molecule has 1 aliphatic heterocycles. The van der Waals surface area contributed by atoms with Gasteiger partial charge in [0.05, 0.1) is 4.90 Å². The third-order valence-corrected chi connectivity index (χ3v) is 5.44. The Morgan fingerprint density at radius 1 is 1.12 bits per heavy atom. The Hall–Kier alpha value is -2.84. The quantitative estimate of drug-likeness (QED) is 0.608. The standard InChI is InChI=1S/C18H15FN2O4S/c1-21(2)26(23,24)15-8-4-6-13(11-15)17-20-16(18(22)25-17)10-12-5-3-7-14(19)9-12/h3-11H,1-2H3/b16-10-. The molecule has 26 heavy (non-hydrogen) atoms. The van der Waals surface area contributed by atoms with Gasteiger partial charge in [0.2, 0.25) is 15.9 Å². The molecule has 0 aromatic heterocycles. The monoisotopic (exact) mass is 374 g/mol. The van der Waals surface area contributed by atoms with E-state index >= 15 is 0 Å². The highest BCUT2D eigenvalue weighted by Crippen LogP contribution is 2.22. The summed E-state index contributed by atoms with van der Waals surface area (Å²) in [6.45, 7) is 0. The van der Waals surface area contributed by atoms with Gasteiger partial charge in [0, 0.05) is 19.7 Å². The number of benzene rings is 2. The molecule has 134 valence electrons. The van der Waals surface area contributed by atoms with E-state index in [4.69, 9.17) is 4.74 Å². The van der Waals surface area contributed by atoms with E-state index in [0.29, 0.717) is 11.1 Å². The minimum Gasteiger partial charge on any atom is -0.402 e. The number of hydrogen-bond donors (Lipinski definition) is 0. The second-order valence-corrected chi connectivity index (χ2v) is 7.86. The lowest BCUT2D eigenvalue weighted by atomic mass is 10.2. The van der Waals surface area contributed by atoms with E-state index in [1.807, 2.05) is 0 Å². The van der Waals surface area contributed by atoms with Crippen LogP contribution in [0.25, 0.3) is 6.08 Å². The molecular weight excluding hydrogens is 359 g/mol. The maximum absolute atomic E-state index is 13.3. The molecule has 0 saturated carbocycles. The fourth-order valence-electron chi connectivity index (χ4n) is 2.29. The van der Waals surface area contributed by atoms with Crippen molar-refractivity contribution in [1.82, 2.24) is 4.31 Å². The Labute approximate surface area is 150 Å². The number of halogens is 1. The summed E-state index contributed by atoms with van der Waals surface area (Å²) in [5.41, 5.74) is 0.821. The smallest absolute Gasteiger partial charge is 0.363 e. The summed E-state index contributed by atoms with van der Waals surface area (Å²) < 4.78 is 43.9. The van der Waals surface area contributed by atoms with Gasteiger partial charge < -0.3 is 4.74 Å². The van der Waals surface area contributed by atoms with Crippen molar-refractivity contribution in [2.75, 3.05) is 14.1 Å². The Kier molecular flexibility index (Phi) is 4.71. The van der Waals surface area contributed by atoms with E-state index in [0.717, 1.165) is 4.31 Å². The van der Waals surface area contributed by atoms with Gasteiger partial charge in [-0.25, -0.2) is 26.9 Å². The van der Waals surface area contributed by atoms with Gasteiger partial charge in [0.1, 0.15) is 5.82 Å². The number of ether oxygens (including phenoxy) is 1. The molecule has 0 fully saturated rings. The Bertz CT molecular complexity index is 1040. The van der Waals surface area contributed by atoms with Crippen molar-refractivity contribution in [3.05, 3.63) is 71.2 Å². The van der Waals surface area contributed by atoms with Crippen LogP contribution in [0, 0.1) is 5.82 Å². The van der Waals surface area contributed by atoms with Gasteiger partial charge in [-0.15, -0.1) is 0 Å². The molecule has 0 spiro atoms. The number of nitrogens with zero attached hydrogens (tertiary/aromatic N) is 2. The van der Waals surface area contributed by atoms with Gasteiger partial charge in [-0.1, -0.05) is 18.2 Å². The van der Waals surface area contributed by atoms with Gasteiger partial charge in [-0.05, 0) is 42.0 Å². The molecule has 0 saturated heterocycles. The van der Waals surface area contributed by atoms with Gasteiger partial charge in [-0.2, -0.15) is 0 Å². The number of rotatable bonds is 4. The van der Waals surface area contributed by atoms with Crippen molar-refractivity contribution in [3.8, 4) is 0 Å². The second-order valence-electron chi connectivity index (χ2n) is 5.71. The first kappa shape index (κ1) is 18.0. The third-order valence-electron chi connectivity index (χ3n) is 3.63. The summed E-state index contributed by atoms with van der Waals surface area (Å²) >= 11 is 0. The van der Waals surface area contributed by atoms with E-state index in [-0.39, 0.29) is 16.5 Å². The molecule has 0 unspecified atom stereocenters. The largest absolute Gasteiger partial charge is 0.402 e. The first-order valence-electron chi connectivity index (χ1n) is 7.58. The van der Waals surface area contributed by atoms with Gasteiger partial charge in [0.25, 0.3) is 0 Å². The predicted octanol–water partition coefficient (Wildman–Crippen LogP) is 2.42. The van der Waals surface area contributed by atoms with E-state index in [9.17, 15) is 17.6 Å². The first-order chi connectivity index (χ1) is 12.3. The average Bonchev–Trinajstić information content (AvgIpc) is 2.96. The van der Waals surface area contributed by atoms with Crippen LogP contribution in [-0.2, 0) is 19.6 Å². The molecule has 0 amide bonds. The fraction of sp³-hybridized carbons (Fsp3) is 0.111. The molecule has 0 radical (unpaired) electrons. The lowest BCUT2D eigenvalue weighted by Gasteiger charge is -2.11. The number of aliphatic imine (C=N–C) groups is 1. The van der Waals surface area contributed by atoms with Crippen LogP contribution in [0.3, 0.4) is 0 Å². The number of carbonyl (C=O) groups excluding carboxylic acids is 1. The van der Waals surface area contributed by atoms with E-state index in [1.165, 1.54) is 56.6 Å². The van der Waals surface area contributed by atoms with Crippen molar-refractivity contribution >= 4 is 28.0 Å². The molecule has 6 nitrogen and oxygen atoms in total. The molecule has 1 aliphatic rings. The molecular formula is C18H15FN2O4S. The van der Waals surface area contributed by atoms with E-state index in [1.54, 1.807) is 12.1 Å². The molecule has 3 rings (SSSR count). The minimum atomic E-state index is -3.63. The van der Waals surface area contributed by atoms with Crippen LogP contribution in [-0.4, -0.2) is 38.7 Å². The number of cyclic esters (lactones) is 1. The van der Waals surface area contributed by atoms with Crippen molar-refractivity contribution in [2.45, 2.75) is 4.90 Å². The summed E-state index contributed by atoms with van der Waals surface area (Å²) in [5.74, 6) is -1.13. The SMILES string of the molecule is CN(C)S(=O)(=O)c1cccc(C2=N/C(=C\c3cccc(F)c3)C(=O)O2)c1. The van der Waals surface area contributed by atoms with Crippen LogP contribution in [0.5, 0.6) is 0 Å². The number of sulfonamides is 1. The Morgan fingerprint density at radius 3 is 2.54 bits per heavy atom. The van der Waals surface area contributed by atoms with E-state index in [2.05, 4.69) is 4.99 Å². The lowest BCUT2D eigenvalue weighted by Crippen LogP contribution is -2.22. The zero-order valence-corrected chi connectivity index (χ0v) is 14.8. The van der Waals surface area contributed by atoms with Crippen molar-refractivity contribution in [2.24, 2.45) is 4.99 Å². The molecule has 0 bridgehead atoms. The molecule has 2 aromatic carbocycles. The molecule has 2 aromatic rings. The predicted molar refractivity (Wildman–Crippen MR) is 94.3 cm³/mol. The van der Waals surface area contributed by atoms with Gasteiger partial charge in [-0.3, -0.25) is 0 Å². The first-order valence-corrected chi connectivity index (χ1v) is 9.02. The highest BCUT2D eigenvalue weighted by Gasteiger charge is 2.26. The maximum Gasteiger partial charge on any atom is 0.363 e. The molecule has 0 aliphatic carbocycles. The zero-order valence-electron chi connectivity index (χ0n) is 14.0. The number of carbonyl (C=O) groups is 1. The van der Waals surface area contributed by atoms with Crippen molar-refractivity contribution in [1.29, 1.82) is 0 Å². The summed E-state index contributed by atoms with van der Waals surface area (Å²) in [7, 11) is -0.777. The molecule has 0 N–H and O–H groups in total. The van der Waals surface area contributed by atoms with Crippen LogP contribution in [0.2, 0.25) is 0 Å². The Morgan fingerprint density at radius 2 is 1.85 bits per heavy atom. The summed E-state index contributed by atoms with van der Waals surface area (Å²) in [6, 6.07) is 11.6. The van der Waals surface area contributed by atoms with E-state index < -0.39 is 21.8 Å². The second kappa shape index (κ2) is 6.81. The van der Waals surface area contributed by atoms with Crippen molar-refractivity contribution < 1.29 is 22.3 Å². The fourth-order valence-corrected chi connectivity index (χ4v) is 3.24. The normalized spacial score (nSPS) is 16.1. The highest BCUT2D eigenvalue weighted by atomic mass is 32.2. The number of hydrogen-bond acceptors (Lipinski definition) is 5. The summed E-state index contributed by atoms with van der Waals surface area (Å²) in [5, 5.41) is 0. The van der Waals surface area contributed by atoms with Crippen LogP contribution < -0.4 is 0 Å². The van der Waals surface area contributed by atoms with Crippen molar-refractivity contribution in [3.63, 3.8) is 0 Å². The van der Waals surface area contributed by atoms with Crippen LogP contribution in [0.4, 0.5) is 4.39 Å². The maximum atomic E-state index is 13.3. The molecule has 8 heteroatoms. The average molecular weight is 374 g/mol.